The summed E-state index contributed by atoms with van der Waals surface area (Å²) in [4.78, 5) is 0. The van der Waals surface area contributed by atoms with Gasteiger partial charge in [0.2, 0.25) is 0 Å². The van der Waals surface area contributed by atoms with E-state index in [4.69, 9.17) is 0 Å². The zero-order chi connectivity index (χ0) is 31.6. The lowest BCUT2D eigenvalue weighted by atomic mass is 9.83. The van der Waals surface area contributed by atoms with E-state index >= 15 is 0 Å². The maximum absolute atomic E-state index is 2.57. The third-order valence-electron chi connectivity index (χ3n) is 10.6. The highest BCUT2D eigenvalue weighted by Crippen LogP contribution is 2.57. The summed E-state index contributed by atoms with van der Waals surface area (Å²) in [5, 5.41) is 2.63. The minimum atomic E-state index is 0.129. The topological polar surface area (TPSA) is 0 Å². The van der Waals surface area contributed by atoms with Crippen LogP contribution in [-0.2, 0) is 0 Å². The molecule has 0 saturated heterocycles. The molecule has 0 heteroatoms. The van der Waals surface area contributed by atoms with E-state index in [1.54, 1.807) is 0 Å². The summed E-state index contributed by atoms with van der Waals surface area (Å²) in [5.41, 5.74) is 18.7. The summed E-state index contributed by atoms with van der Waals surface area (Å²) in [5.74, 6) is 0.315. The molecule has 0 aliphatic heterocycles. The van der Waals surface area contributed by atoms with Crippen molar-refractivity contribution in [3.8, 4) is 44.5 Å². The Morgan fingerprint density at radius 2 is 0.875 bits per heavy atom. The van der Waals surface area contributed by atoms with Gasteiger partial charge >= 0.3 is 0 Å². The van der Waals surface area contributed by atoms with E-state index in [0.717, 1.165) is 0 Å². The third kappa shape index (κ3) is 4.16. The van der Waals surface area contributed by atoms with Crippen molar-refractivity contribution >= 4 is 10.8 Å². The molecule has 8 aromatic carbocycles. The van der Waals surface area contributed by atoms with Crippen molar-refractivity contribution in [2.24, 2.45) is 0 Å². The lowest BCUT2D eigenvalue weighted by Gasteiger charge is -2.20. The molecule has 10 rings (SSSR count). The second-order valence-corrected chi connectivity index (χ2v) is 13.2. The zero-order valence-corrected chi connectivity index (χ0v) is 26.5. The average Bonchev–Trinajstić information content (AvgIpc) is 3.67. The van der Waals surface area contributed by atoms with Crippen molar-refractivity contribution in [2.75, 3.05) is 0 Å². The Hall–Kier alpha value is -5.98. The van der Waals surface area contributed by atoms with E-state index in [2.05, 4.69) is 182 Å². The lowest BCUT2D eigenvalue weighted by Crippen LogP contribution is -2.03. The van der Waals surface area contributed by atoms with Gasteiger partial charge in [-0.05, 0) is 101 Å². The molecule has 8 aromatic rings. The fourth-order valence-corrected chi connectivity index (χ4v) is 8.50. The van der Waals surface area contributed by atoms with E-state index in [1.807, 2.05) is 0 Å². The Bertz CT molecular complexity index is 2430. The van der Waals surface area contributed by atoms with Crippen molar-refractivity contribution in [2.45, 2.75) is 11.8 Å². The molecule has 0 amide bonds. The molecule has 0 aromatic heterocycles. The molecule has 0 saturated carbocycles. The Balaban J connectivity index is 1.24. The van der Waals surface area contributed by atoms with E-state index in [9.17, 15) is 0 Å². The van der Waals surface area contributed by atoms with Gasteiger partial charge in [0.05, 0.1) is 0 Å². The van der Waals surface area contributed by atoms with E-state index in [-0.39, 0.29) is 11.8 Å². The largest absolute Gasteiger partial charge is 0.0622 e. The van der Waals surface area contributed by atoms with Crippen LogP contribution in [0.2, 0.25) is 0 Å². The van der Waals surface area contributed by atoms with Crippen molar-refractivity contribution in [3.63, 3.8) is 0 Å². The number of hydrogen-bond acceptors (Lipinski definition) is 0. The number of hydrogen-bond donors (Lipinski definition) is 0. The smallest absolute Gasteiger partial charge is 0.0352 e. The first kappa shape index (κ1) is 27.2. The number of rotatable bonds is 4. The Morgan fingerprint density at radius 1 is 0.292 bits per heavy atom. The van der Waals surface area contributed by atoms with Crippen LogP contribution in [-0.4, -0.2) is 0 Å². The van der Waals surface area contributed by atoms with Crippen LogP contribution in [0.25, 0.3) is 55.3 Å². The van der Waals surface area contributed by atoms with Crippen LogP contribution in [0.3, 0.4) is 0 Å². The number of benzene rings is 8. The van der Waals surface area contributed by atoms with Crippen LogP contribution in [0.15, 0.2) is 182 Å². The molecule has 2 aliphatic rings. The standard InChI is InChI=1S/C48H32/c1-4-14-31(15-5-1)35-26-36(32-16-6-2-7-17-32)28-37(27-35)47-40-23-13-12-22-39(40)42-29-45-44(30-43(42)47)46(34-19-8-3-9-20-34)41-25-24-33-18-10-11-21-38(33)48(41)45/h1-30,46-47H. The normalized spacial score (nSPS) is 15.5. The van der Waals surface area contributed by atoms with Gasteiger partial charge in [-0.2, -0.15) is 0 Å². The molecule has 224 valence electrons. The molecular weight excluding hydrogens is 577 g/mol. The van der Waals surface area contributed by atoms with Crippen molar-refractivity contribution in [3.05, 3.63) is 215 Å². The van der Waals surface area contributed by atoms with Crippen LogP contribution < -0.4 is 0 Å². The second-order valence-electron chi connectivity index (χ2n) is 13.2. The molecule has 0 bridgehead atoms. The molecule has 0 nitrogen and oxygen atoms in total. The summed E-state index contributed by atoms with van der Waals surface area (Å²) < 4.78 is 0. The monoisotopic (exact) mass is 608 g/mol. The van der Waals surface area contributed by atoms with Crippen molar-refractivity contribution < 1.29 is 0 Å². The molecule has 0 heterocycles. The van der Waals surface area contributed by atoms with E-state index in [1.165, 1.54) is 88.7 Å². The van der Waals surface area contributed by atoms with Crippen molar-refractivity contribution in [1.82, 2.24) is 0 Å². The lowest BCUT2D eigenvalue weighted by molar-refractivity contribution is 0.982. The van der Waals surface area contributed by atoms with Gasteiger partial charge in [-0.15, -0.1) is 0 Å². The summed E-state index contributed by atoms with van der Waals surface area (Å²) in [6, 6.07) is 67.7. The average molecular weight is 609 g/mol. The van der Waals surface area contributed by atoms with Gasteiger partial charge in [0.15, 0.2) is 0 Å². The summed E-state index contributed by atoms with van der Waals surface area (Å²) in [6.45, 7) is 0. The predicted octanol–water partition coefficient (Wildman–Crippen LogP) is 12.5. The first-order valence-corrected chi connectivity index (χ1v) is 16.9. The molecule has 0 N–H and O–H groups in total. The Kier molecular flexibility index (Phi) is 6.11. The maximum Gasteiger partial charge on any atom is 0.0352 e. The van der Waals surface area contributed by atoms with Gasteiger partial charge in [-0.25, -0.2) is 0 Å². The predicted molar refractivity (Wildman–Crippen MR) is 200 cm³/mol. The van der Waals surface area contributed by atoms with Gasteiger partial charge in [-0.3, -0.25) is 0 Å². The summed E-state index contributed by atoms with van der Waals surface area (Å²) in [7, 11) is 0. The Morgan fingerprint density at radius 3 is 1.60 bits per heavy atom. The first-order valence-electron chi connectivity index (χ1n) is 16.9. The zero-order valence-electron chi connectivity index (χ0n) is 26.5. The van der Waals surface area contributed by atoms with Gasteiger partial charge in [-0.1, -0.05) is 170 Å². The second kappa shape index (κ2) is 10.8. The molecule has 0 spiro atoms. The molecule has 2 atom stereocenters. The minimum Gasteiger partial charge on any atom is -0.0622 e. The fraction of sp³-hybridized carbons (Fsp3) is 0.0417. The SMILES string of the molecule is c1ccc(-c2cc(-c3ccccc3)cc(C3c4ccccc4-c4cc5c(cc43)C(c3ccccc3)c3ccc4ccccc4c3-5)c2)cc1. The van der Waals surface area contributed by atoms with Crippen LogP contribution in [0.5, 0.6) is 0 Å². The first-order chi connectivity index (χ1) is 23.8. The number of fused-ring (bicyclic) bond motifs is 8. The van der Waals surface area contributed by atoms with Gasteiger partial charge in [0.1, 0.15) is 0 Å². The van der Waals surface area contributed by atoms with E-state index in [0.29, 0.717) is 0 Å². The van der Waals surface area contributed by atoms with Crippen LogP contribution >= 0.6 is 0 Å². The van der Waals surface area contributed by atoms with Crippen LogP contribution in [0, 0.1) is 0 Å². The van der Waals surface area contributed by atoms with Gasteiger partial charge in [0, 0.05) is 11.8 Å². The Labute approximate surface area is 281 Å². The fourth-order valence-electron chi connectivity index (χ4n) is 8.50. The quantitative estimate of drug-likeness (QED) is 0.186. The van der Waals surface area contributed by atoms with E-state index < -0.39 is 0 Å². The molecule has 48 heavy (non-hydrogen) atoms. The molecule has 0 fully saturated rings. The summed E-state index contributed by atoms with van der Waals surface area (Å²) in [6.07, 6.45) is 0. The van der Waals surface area contributed by atoms with Crippen LogP contribution in [0.1, 0.15) is 45.2 Å². The maximum atomic E-state index is 2.57. The third-order valence-corrected chi connectivity index (χ3v) is 10.6. The minimum absolute atomic E-state index is 0.129. The van der Waals surface area contributed by atoms with Gasteiger partial charge in [0.25, 0.3) is 0 Å². The molecule has 2 unspecified atom stereocenters. The van der Waals surface area contributed by atoms with Gasteiger partial charge < -0.3 is 0 Å². The highest BCUT2D eigenvalue weighted by Gasteiger charge is 2.37. The highest BCUT2D eigenvalue weighted by molar-refractivity contribution is 6.04. The summed E-state index contributed by atoms with van der Waals surface area (Å²) >= 11 is 0. The molecular formula is C48H32. The molecule has 2 aliphatic carbocycles. The van der Waals surface area contributed by atoms with Crippen molar-refractivity contribution in [1.29, 1.82) is 0 Å². The highest BCUT2D eigenvalue weighted by atomic mass is 14.4. The van der Waals surface area contributed by atoms with Crippen LogP contribution in [0.4, 0.5) is 0 Å². The molecule has 0 radical (unpaired) electrons.